The number of carboxylic acid groups (broad SMARTS) is 1. The zero-order valence-electron chi connectivity index (χ0n) is 9.17. The van der Waals surface area contributed by atoms with Gasteiger partial charge in [-0.1, -0.05) is 31.5 Å². The molecule has 82 valence electrons. The topological polar surface area (TPSA) is 37.3 Å². The van der Waals surface area contributed by atoms with E-state index in [1.54, 1.807) is 0 Å². The van der Waals surface area contributed by atoms with E-state index in [0.29, 0.717) is 16.5 Å². The first kappa shape index (κ1) is 12.1. The van der Waals surface area contributed by atoms with E-state index in [2.05, 4.69) is 13.8 Å². The Morgan fingerprint density at radius 1 is 1.47 bits per heavy atom. The molecule has 0 unspecified atom stereocenters. The highest BCUT2D eigenvalue weighted by atomic mass is 35.5. The van der Waals surface area contributed by atoms with E-state index < -0.39 is 5.97 Å². The molecular weight excluding hydrogens is 212 g/mol. The molecule has 0 fully saturated rings. The summed E-state index contributed by atoms with van der Waals surface area (Å²) in [5.41, 5.74) is 2.11. The van der Waals surface area contributed by atoms with Gasteiger partial charge in [-0.25, -0.2) is 4.79 Å². The Morgan fingerprint density at radius 2 is 2.07 bits per heavy atom. The van der Waals surface area contributed by atoms with Crippen LogP contribution >= 0.6 is 11.6 Å². The lowest BCUT2D eigenvalue weighted by Gasteiger charge is -2.10. The van der Waals surface area contributed by atoms with Crippen LogP contribution in [0.1, 0.15) is 35.3 Å². The Labute approximate surface area is 94.9 Å². The summed E-state index contributed by atoms with van der Waals surface area (Å²) in [4.78, 5) is 11.0. The van der Waals surface area contributed by atoms with E-state index in [0.717, 1.165) is 17.5 Å². The van der Waals surface area contributed by atoms with Gasteiger partial charge in [-0.15, -0.1) is 0 Å². The number of aromatic carboxylic acids is 1. The molecule has 0 aliphatic carbocycles. The zero-order valence-corrected chi connectivity index (χ0v) is 9.93. The first-order valence-electron chi connectivity index (χ1n) is 4.94. The highest BCUT2D eigenvalue weighted by Crippen LogP contribution is 2.23. The molecule has 0 radical (unpaired) electrons. The summed E-state index contributed by atoms with van der Waals surface area (Å²) in [6.45, 7) is 6.02. The van der Waals surface area contributed by atoms with Crippen LogP contribution < -0.4 is 0 Å². The maximum absolute atomic E-state index is 11.0. The molecule has 0 saturated heterocycles. The molecule has 3 heteroatoms. The van der Waals surface area contributed by atoms with Crippen molar-refractivity contribution < 1.29 is 9.90 Å². The standard InChI is InChI=1S/C12H15ClO2/c1-7(2)4-9-5-8(3)11(13)6-10(9)12(14)15/h5-7H,4H2,1-3H3,(H,14,15). The van der Waals surface area contributed by atoms with E-state index >= 15 is 0 Å². The van der Waals surface area contributed by atoms with Crippen molar-refractivity contribution in [3.05, 3.63) is 33.8 Å². The normalized spacial score (nSPS) is 10.7. The van der Waals surface area contributed by atoms with Crippen LogP contribution in [0.15, 0.2) is 12.1 Å². The molecule has 0 bridgehead atoms. The second-order valence-electron chi connectivity index (χ2n) is 4.16. The van der Waals surface area contributed by atoms with Crippen molar-refractivity contribution in [1.29, 1.82) is 0 Å². The van der Waals surface area contributed by atoms with Crippen LogP contribution in [-0.4, -0.2) is 11.1 Å². The molecule has 0 amide bonds. The van der Waals surface area contributed by atoms with Crippen molar-refractivity contribution in [3.8, 4) is 0 Å². The van der Waals surface area contributed by atoms with E-state index in [1.165, 1.54) is 6.07 Å². The van der Waals surface area contributed by atoms with Crippen molar-refractivity contribution in [1.82, 2.24) is 0 Å². The summed E-state index contributed by atoms with van der Waals surface area (Å²) in [5, 5.41) is 9.55. The Hall–Kier alpha value is -1.02. The lowest BCUT2D eigenvalue weighted by atomic mass is 9.96. The SMILES string of the molecule is Cc1cc(CC(C)C)c(C(=O)O)cc1Cl. The predicted octanol–water partition coefficient (Wildman–Crippen LogP) is 3.55. The molecule has 15 heavy (non-hydrogen) atoms. The van der Waals surface area contributed by atoms with Gasteiger partial charge in [0, 0.05) is 5.02 Å². The summed E-state index contributed by atoms with van der Waals surface area (Å²) in [7, 11) is 0. The van der Waals surface area contributed by atoms with Crippen LogP contribution in [-0.2, 0) is 6.42 Å². The summed E-state index contributed by atoms with van der Waals surface area (Å²) in [6, 6.07) is 3.41. The molecule has 0 atom stereocenters. The summed E-state index contributed by atoms with van der Waals surface area (Å²) in [6.07, 6.45) is 0.764. The van der Waals surface area contributed by atoms with Crippen molar-refractivity contribution in [3.63, 3.8) is 0 Å². The number of halogens is 1. The van der Waals surface area contributed by atoms with Gasteiger partial charge in [0.2, 0.25) is 0 Å². The maximum Gasteiger partial charge on any atom is 0.336 e. The number of benzene rings is 1. The van der Waals surface area contributed by atoms with Gasteiger partial charge in [0.05, 0.1) is 5.56 Å². The second-order valence-corrected chi connectivity index (χ2v) is 4.57. The van der Waals surface area contributed by atoms with Crippen molar-refractivity contribution in [2.24, 2.45) is 5.92 Å². The van der Waals surface area contributed by atoms with Gasteiger partial charge in [-0.05, 0) is 36.5 Å². The van der Waals surface area contributed by atoms with Crippen molar-refractivity contribution in [2.45, 2.75) is 27.2 Å². The largest absolute Gasteiger partial charge is 0.478 e. The lowest BCUT2D eigenvalue weighted by molar-refractivity contribution is 0.0695. The number of hydrogen-bond acceptors (Lipinski definition) is 1. The molecule has 0 heterocycles. The molecule has 1 N–H and O–H groups in total. The average Bonchev–Trinajstić information content (AvgIpc) is 2.09. The van der Waals surface area contributed by atoms with Crippen LogP contribution in [0.25, 0.3) is 0 Å². The van der Waals surface area contributed by atoms with Gasteiger partial charge in [-0.3, -0.25) is 0 Å². The third-order valence-electron chi connectivity index (χ3n) is 2.24. The number of aryl methyl sites for hydroxylation is 1. The van der Waals surface area contributed by atoms with Gasteiger partial charge in [0.15, 0.2) is 0 Å². The summed E-state index contributed by atoms with van der Waals surface area (Å²) < 4.78 is 0. The van der Waals surface area contributed by atoms with E-state index in [1.807, 2.05) is 13.0 Å². The molecule has 1 aromatic rings. The highest BCUT2D eigenvalue weighted by Gasteiger charge is 2.13. The van der Waals surface area contributed by atoms with Crippen LogP contribution in [0.5, 0.6) is 0 Å². The smallest absolute Gasteiger partial charge is 0.336 e. The second kappa shape index (κ2) is 4.67. The molecule has 0 aliphatic heterocycles. The van der Waals surface area contributed by atoms with Gasteiger partial charge in [-0.2, -0.15) is 0 Å². The maximum atomic E-state index is 11.0. The fraction of sp³-hybridized carbons (Fsp3) is 0.417. The third-order valence-corrected chi connectivity index (χ3v) is 2.65. The summed E-state index contributed by atoms with van der Waals surface area (Å²) >= 11 is 5.90. The van der Waals surface area contributed by atoms with Gasteiger partial charge >= 0.3 is 5.97 Å². The molecule has 0 aromatic heterocycles. The Balaban J connectivity index is 3.22. The minimum absolute atomic E-state index is 0.319. The first-order valence-corrected chi connectivity index (χ1v) is 5.32. The van der Waals surface area contributed by atoms with E-state index in [9.17, 15) is 4.79 Å². The minimum Gasteiger partial charge on any atom is -0.478 e. The molecule has 1 rings (SSSR count). The molecule has 0 aliphatic rings. The van der Waals surface area contributed by atoms with Crippen molar-refractivity contribution >= 4 is 17.6 Å². The van der Waals surface area contributed by atoms with Crippen LogP contribution in [0.2, 0.25) is 5.02 Å². The highest BCUT2D eigenvalue weighted by molar-refractivity contribution is 6.31. The lowest BCUT2D eigenvalue weighted by Crippen LogP contribution is -2.06. The van der Waals surface area contributed by atoms with E-state index in [4.69, 9.17) is 16.7 Å². The molecule has 1 aromatic carbocycles. The third kappa shape index (κ3) is 2.96. The van der Waals surface area contributed by atoms with Crippen LogP contribution in [0.4, 0.5) is 0 Å². The molecular formula is C12H15ClO2. The monoisotopic (exact) mass is 226 g/mol. The molecule has 0 spiro atoms. The van der Waals surface area contributed by atoms with Gasteiger partial charge < -0.3 is 5.11 Å². The Bertz CT molecular complexity index is 383. The molecule has 0 saturated carbocycles. The van der Waals surface area contributed by atoms with Gasteiger partial charge in [0.25, 0.3) is 0 Å². The number of hydrogen-bond donors (Lipinski definition) is 1. The quantitative estimate of drug-likeness (QED) is 0.856. The predicted molar refractivity (Wildman–Crippen MR) is 61.7 cm³/mol. The fourth-order valence-corrected chi connectivity index (χ4v) is 1.71. The van der Waals surface area contributed by atoms with Gasteiger partial charge in [0.1, 0.15) is 0 Å². The van der Waals surface area contributed by atoms with Crippen molar-refractivity contribution in [2.75, 3.05) is 0 Å². The summed E-state index contributed by atoms with van der Waals surface area (Å²) in [5.74, 6) is -0.476. The Morgan fingerprint density at radius 3 is 2.53 bits per heavy atom. The average molecular weight is 227 g/mol. The van der Waals surface area contributed by atoms with Crippen LogP contribution in [0, 0.1) is 12.8 Å². The molecule has 2 nitrogen and oxygen atoms in total. The van der Waals surface area contributed by atoms with E-state index in [-0.39, 0.29) is 0 Å². The number of rotatable bonds is 3. The minimum atomic E-state index is -0.910. The number of carbonyl (C=O) groups is 1. The number of carboxylic acids is 1. The fourth-order valence-electron chi connectivity index (χ4n) is 1.55. The Kier molecular flexibility index (Phi) is 3.75. The van der Waals surface area contributed by atoms with Crippen LogP contribution in [0.3, 0.4) is 0 Å². The zero-order chi connectivity index (χ0) is 11.6. The first-order chi connectivity index (χ1) is 6.91.